The van der Waals surface area contributed by atoms with E-state index in [4.69, 9.17) is 4.98 Å². The van der Waals surface area contributed by atoms with Crippen molar-refractivity contribution in [2.45, 2.75) is 26.2 Å². The first-order valence-electron chi connectivity index (χ1n) is 12.0. The van der Waals surface area contributed by atoms with Crippen LogP contribution in [0.25, 0.3) is 16.7 Å². The summed E-state index contributed by atoms with van der Waals surface area (Å²) in [6.07, 6.45) is 2.53. The van der Waals surface area contributed by atoms with Crippen LogP contribution in [0.5, 0.6) is 0 Å². The summed E-state index contributed by atoms with van der Waals surface area (Å²) in [5.41, 5.74) is 7.14. The van der Waals surface area contributed by atoms with Crippen molar-refractivity contribution >= 4 is 28.4 Å². The minimum absolute atomic E-state index is 0.241. The third kappa shape index (κ3) is 5.09. The second-order valence-corrected chi connectivity index (χ2v) is 8.47. The molecule has 0 saturated heterocycles. The molecule has 5 aromatic rings. The summed E-state index contributed by atoms with van der Waals surface area (Å²) in [7, 11) is 0. The highest BCUT2D eigenvalue weighted by molar-refractivity contribution is 6.00. The molecule has 5 rings (SSSR count). The van der Waals surface area contributed by atoms with Crippen LogP contribution >= 0.6 is 0 Å². The van der Waals surface area contributed by atoms with E-state index in [0.29, 0.717) is 0 Å². The van der Waals surface area contributed by atoms with E-state index in [1.807, 2.05) is 48.5 Å². The smallest absolute Gasteiger partial charge is 0.308 e. The number of aryl methyl sites for hydroxylation is 3. The summed E-state index contributed by atoms with van der Waals surface area (Å²) >= 11 is 0. The van der Waals surface area contributed by atoms with E-state index in [1.54, 1.807) is 0 Å². The van der Waals surface area contributed by atoms with Gasteiger partial charge in [-0.2, -0.15) is 0 Å². The van der Waals surface area contributed by atoms with E-state index in [9.17, 15) is 4.79 Å². The summed E-state index contributed by atoms with van der Waals surface area (Å²) in [6.45, 7) is 2.08. The number of imidazole rings is 1. The summed E-state index contributed by atoms with van der Waals surface area (Å²) in [4.78, 5) is 17.4. The Balaban J connectivity index is 1.27. The molecule has 2 amide bonds. The third-order valence-corrected chi connectivity index (χ3v) is 6.14. The zero-order valence-electron chi connectivity index (χ0n) is 19.7. The van der Waals surface area contributed by atoms with Crippen molar-refractivity contribution in [3.05, 3.63) is 120 Å². The Kier molecular flexibility index (Phi) is 6.57. The molecule has 2 N–H and O–H groups in total. The molecule has 0 spiro atoms. The number of aromatic nitrogens is 2. The summed E-state index contributed by atoms with van der Waals surface area (Å²) in [5, 5.41) is 5.87. The number of anilines is 2. The molecule has 174 valence electrons. The molecule has 0 aliphatic carbocycles. The monoisotopic (exact) mass is 460 g/mol. The van der Waals surface area contributed by atoms with Crippen molar-refractivity contribution in [2.24, 2.45) is 0 Å². The number of urea groups is 1. The first-order valence-corrected chi connectivity index (χ1v) is 12.0. The van der Waals surface area contributed by atoms with E-state index in [-0.39, 0.29) is 6.03 Å². The van der Waals surface area contributed by atoms with Crippen LogP contribution in [-0.2, 0) is 19.3 Å². The summed E-state index contributed by atoms with van der Waals surface area (Å²) < 4.78 is 2.24. The largest absolute Gasteiger partial charge is 0.323 e. The van der Waals surface area contributed by atoms with Gasteiger partial charge in [0.1, 0.15) is 5.82 Å². The van der Waals surface area contributed by atoms with E-state index in [2.05, 4.69) is 76.7 Å². The number of amides is 2. The van der Waals surface area contributed by atoms with Crippen molar-refractivity contribution in [1.82, 2.24) is 9.55 Å². The third-order valence-electron chi connectivity index (χ3n) is 6.14. The van der Waals surface area contributed by atoms with Gasteiger partial charge in [0, 0.05) is 23.5 Å². The predicted octanol–water partition coefficient (Wildman–Crippen LogP) is 7.02. The number of hydrogen-bond acceptors (Lipinski definition) is 2. The Bertz CT molecular complexity index is 1440. The maximum atomic E-state index is 12.5. The Morgan fingerprint density at radius 1 is 0.771 bits per heavy atom. The van der Waals surface area contributed by atoms with Crippen LogP contribution in [0.15, 0.2) is 103 Å². The zero-order valence-corrected chi connectivity index (χ0v) is 19.7. The standard InChI is InChI=1S/C30H28N4O/c1-2-23-10-6-7-13-26(23)33-30(35)31-24-19-16-22(17-20-24)18-21-29-32-27-14-8-9-15-28(27)34(29)25-11-4-3-5-12-25/h3-17,19-20H,2,18,21H2,1H3,(H2,31,33,35). The van der Waals surface area contributed by atoms with Gasteiger partial charge < -0.3 is 10.6 Å². The molecule has 1 heterocycles. The van der Waals surface area contributed by atoms with Crippen molar-refractivity contribution in [2.75, 3.05) is 10.6 Å². The molecule has 0 saturated carbocycles. The molecular weight excluding hydrogens is 432 g/mol. The Morgan fingerprint density at radius 3 is 2.29 bits per heavy atom. The Hall–Kier alpha value is -4.38. The molecule has 0 bridgehead atoms. The molecule has 0 aliphatic heterocycles. The van der Waals surface area contributed by atoms with E-state index in [0.717, 1.165) is 58.7 Å². The van der Waals surface area contributed by atoms with Gasteiger partial charge in [-0.25, -0.2) is 9.78 Å². The topological polar surface area (TPSA) is 59.0 Å². The number of nitrogens with zero attached hydrogens (tertiary/aromatic N) is 2. The molecule has 0 unspecified atom stereocenters. The van der Waals surface area contributed by atoms with Crippen LogP contribution in [0.3, 0.4) is 0 Å². The number of carbonyl (C=O) groups is 1. The average Bonchev–Trinajstić information content (AvgIpc) is 3.27. The highest BCUT2D eigenvalue weighted by Crippen LogP contribution is 2.23. The maximum absolute atomic E-state index is 12.5. The first-order chi connectivity index (χ1) is 17.2. The lowest BCUT2D eigenvalue weighted by Gasteiger charge is -2.12. The van der Waals surface area contributed by atoms with Gasteiger partial charge in [0.25, 0.3) is 0 Å². The van der Waals surface area contributed by atoms with Gasteiger partial charge in [0.15, 0.2) is 0 Å². The fraction of sp³-hybridized carbons (Fsp3) is 0.133. The minimum Gasteiger partial charge on any atom is -0.308 e. The van der Waals surface area contributed by atoms with E-state index >= 15 is 0 Å². The van der Waals surface area contributed by atoms with Crippen molar-refractivity contribution < 1.29 is 4.79 Å². The van der Waals surface area contributed by atoms with Gasteiger partial charge in [-0.1, -0.05) is 67.6 Å². The molecule has 4 aromatic carbocycles. The number of para-hydroxylation sites is 4. The number of nitrogens with one attached hydrogen (secondary N) is 2. The fourth-order valence-corrected chi connectivity index (χ4v) is 4.35. The quantitative estimate of drug-likeness (QED) is 0.274. The van der Waals surface area contributed by atoms with Crippen molar-refractivity contribution in [3.8, 4) is 5.69 Å². The lowest BCUT2D eigenvalue weighted by Crippen LogP contribution is -2.20. The number of rotatable bonds is 7. The van der Waals surface area contributed by atoms with Gasteiger partial charge in [-0.15, -0.1) is 0 Å². The fourth-order valence-electron chi connectivity index (χ4n) is 4.35. The highest BCUT2D eigenvalue weighted by atomic mass is 16.2. The van der Waals surface area contributed by atoms with E-state index in [1.165, 1.54) is 5.56 Å². The molecular formula is C30H28N4O. The second-order valence-electron chi connectivity index (χ2n) is 8.47. The Morgan fingerprint density at radius 2 is 1.49 bits per heavy atom. The molecule has 35 heavy (non-hydrogen) atoms. The number of hydrogen-bond donors (Lipinski definition) is 2. The maximum Gasteiger partial charge on any atom is 0.323 e. The van der Waals surface area contributed by atoms with Crippen LogP contribution in [0.1, 0.15) is 23.9 Å². The minimum atomic E-state index is -0.241. The van der Waals surface area contributed by atoms with Crippen molar-refractivity contribution in [3.63, 3.8) is 0 Å². The average molecular weight is 461 g/mol. The number of benzene rings is 4. The van der Waals surface area contributed by atoms with Gasteiger partial charge >= 0.3 is 6.03 Å². The van der Waals surface area contributed by atoms with Crippen LogP contribution in [0.2, 0.25) is 0 Å². The summed E-state index contributed by atoms with van der Waals surface area (Å²) in [5.74, 6) is 1.04. The predicted molar refractivity (Wildman–Crippen MR) is 143 cm³/mol. The molecule has 0 atom stereocenters. The molecule has 0 radical (unpaired) electrons. The first kappa shape index (κ1) is 22.4. The van der Waals surface area contributed by atoms with E-state index < -0.39 is 0 Å². The highest BCUT2D eigenvalue weighted by Gasteiger charge is 2.12. The SMILES string of the molecule is CCc1ccccc1NC(=O)Nc1ccc(CCc2nc3ccccc3n2-c2ccccc2)cc1. The molecule has 5 nitrogen and oxygen atoms in total. The van der Waals surface area contributed by atoms with Crippen LogP contribution in [0.4, 0.5) is 16.2 Å². The number of carbonyl (C=O) groups excluding carboxylic acids is 1. The van der Waals surface area contributed by atoms with Gasteiger partial charge in [-0.3, -0.25) is 4.57 Å². The van der Waals surface area contributed by atoms with Crippen LogP contribution < -0.4 is 10.6 Å². The zero-order chi connectivity index (χ0) is 24.0. The lowest BCUT2D eigenvalue weighted by molar-refractivity contribution is 0.262. The summed E-state index contributed by atoms with van der Waals surface area (Å²) in [6, 6.07) is 34.2. The van der Waals surface area contributed by atoms with Crippen LogP contribution in [0, 0.1) is 0 Å². The van der Waals surface area contributed by atoms with Gasteiger partial charge in [-0.05, 0) is 66.4 Å². The Labute approximate surface area is 205 Å². The normalized spacial score (nSPS) is 10.9. The second kappa shape index (κ2) is 10.3. The van der Waals surface area contributed by atoms with Crippen LogP contribution in [-0.4, -0.2) is 15.6 Å². The molecule has 0 aliphatic rings. The number of fused-ring (bicyclic) bond motifs is 1. The lowest BCUT2D eigenvalue weighted by atomic mass is 10.1. The van der Waals surface area contributed by atoms with Crippen molar-refractivity contribution in [1.29, 1.82) is 0 Å². The molecule has 0 fully saturated rings. The molecule has 1 aromatic heterocycles. The van der Waals surface area contributed by atoms with Gasteiger partial charge in [0.2, 0.25) is 0 Å². The molecule has 5 heteroatoms. The van der Waals surface area contributed by atoms with Gasteiger partial charge in [0.05, 0.1) is 11.0 Å².